The fourth-order valence-corrected chi connectivity index (χ4v) is 4.64. The second kappa shape index (κ2) is 12.1. The van der Waals surface area contributed by atoms with Crippen molar-refractivity contribution in [1.82, 2.24) is 14.8 Å². The lowest BCUT2D eigenvalue weighted by Crippen LogP contribution is -2.54. The first-order valence-electron chi connectivity index (χ1n) is 11.8. The van der Waals surface area contributed by atoms with Crippen molar-refractivity contribution < 1.29 is 19.7 Å². The number of rotatable bonds is 12. The molecule has 0 amide bonds. The van der Waals surface area contributed by atoms with Gasteiger partial charge in [-0.25, -0.2) is 0 Å². The molecule has 2 N–H and O–H groups in total. The Hall–Kier alpha value is -2.22. The van der Waals surface area contributed by atoms with E-state index in [1.807, 2.05) is 24.3 Å². The number of ether oxygens (including phenoxy) is 1. The van der Waals surface area contributed by atoms with Gasteiger partial charge in [0, 0.05) is 43.8 Å². The molecule has 0 radical (unpaired) electrons. The van der Waals surface area contributed by atoms with Gasteiger partial charge in [-0.3, -0.25) is 19.6 Å². The maximum absolute atomic E-state index is 11.5. The number of carboxylic acids is 1. The third-order valence-electron chi connectivity index (χ3n) is 6.42. The van der Waals surface area contributed by atoms with Crippen LogP contribution in [0.2, 0.25) is 0 Å². The van der Waals surface area contributed by atoms with Crippen LogP contribution in [-0.2, 0) is 4.79 Å². The van der Waals surface area contributed by atoms with Crippen LogP contribution in [0, 0.1) is 0 Å². The highest BCUT2D eigenvalue weighted by Crippen LogP contribution is 2.28. The number of aliphatic hydroxyl groups is 1. The standard InChI is InChI=1S/C25H37N3O4/c1-3-4-5-6-7-12-28-14-13-27(17-19(28)15-25(30)31)18-24(29)21-10-11-26-23-9-8-20(32-2)16-22(21)23/h8-11,16,19,24,29H,3-7,12-15,17-18H2,1-2H3,(H,30,31)/t19-,24-/m0/s1. The molecule has 0 unspecified atom stereocenters. The van der Waals surface area contributed by atoms with Crippen molar-refractivity contribution in [2.45, 2.75) is 57.6 Å². The molecule has 176 valence electrons. The average Bonchev–Trinajstić information content (AvgIpc) is 2.79. The summed E-state index contributed by atoms with van der Waals surface area (Å²) in [4.78, 5) is 20.4. The number of β-amino-alcohol motifs (C(OH)–C–C–N with tert-alkyl or cyclic N) is 1. The monoisotopic (exact) mass is 443 g/mol. The molecule has 2 aromatic rings. The third-order valence-corrected chi connectivity index (χ3v) is 6.42. The van der Waals surface area contributed by atoms with E-state index in [1.165, 1.54) is 25.7 Å². The maximum Gasteiger partial charge on any atom is 0.304 e. The number of nitrogens with zero attached hydrogens (tertiary/aromatic N) is 3. The molecular formula is C25H37N3O4. The molecule has 0 aliphatic carbocycles. The molecule has 3 rings (SSSR count). The number of aliphatic carboxylic acids is 1. The van der Waals surface area contributed by atoms with Crippen LogP contribution in [0.5, 0.6) is 5.75 Å². The van der Waals surface area contributed by atoms with E-state index in [2.05, 4.69) is 21.7 Å². The number of aromatic nitrogens is 1. The molecule has 0 bridgehead atoms. The molecule has 32 heavy (non-hydrogen) atoms. The van der Waals surface area contributed by atoms with Crippen LogP contribution in [0.3, 0.4) is 0 Å². The number of unbranched alkanes of at least 4 members (excludes halogenated alkanes) is 4. The Morgan fingerprint density at radius 1 is 1.22 bits per heavy atom. The Balaban J connectivity index is 1.63. The highest BCUT2D eigenvalue weighted by Gasteiger charge is 2.29. The number of carbonyl (C=O) groups is 1. The van der Waals surface area contributed by atoms with E-state index < -0.39 is 12.1 Å². The zero-order valence-corrected chi connectivity index (χ0v) is 19.4. The van der Waals surface area contributed by atoms with Gasteiger partial charge in [0.15, 0.2) is 0 Å². The number of fused-ring (bicyclic) bond motifs is 1. The number of pyridine rings is 1. The molecule has 7 heteroatoms. The Labute approximate surface area is 191 Å². The summed E-state index contributed by atoms with van der Waals surface area (Å²) < 4.78 is 5.34. The average molecular weight is 444 g/mol. The smallest absolute Gasteiger partial charge is 0.304 e. The first-order valence-corrected chi connectivity index (χ1v) is 11.8. The van der Waals surface area contributed by atoms with E-state index >= 15 is 0 Å². The van der Waals surface area contributed by atoms with Gasteiger partial charge >= 0.3 is 5.97 Å². The first-order chi connectivity index (χ1) is 15.5. The van der Waals surface area contributed by atoms with Crippen molar-refractivity contribution in [2.75, 3.05) is 39.8 Å². The first kappa shape index (κ1) is 24.4. The summed E-state index contributed by atoms with van der Waals surface area (Å²) in [6.07, 6.45) is 7.22. The summed E-state index contributed by atoms with van der Waals surface area (Å²) in [5, 5.41) is 21.4. The van der Waals surface area contributed by atoms with Gasteiger partial charge in [-0.1, -0.05) is 32.6 Å². The lowest BCUT2D eigenvalue weighted by atomic mass is 10.0. The highest BCUT2D eigenvalue weighted by atomic mass is 16.5. The van der Waals surface area contributed by atoms with Crippen LogP contribution in [-0.4, -0.2) is 76.8 Å². The third kappa shape index (κ3) is 6.64. The molecular weight excluding hydrogens is 406 g/mol. The number of benzene rings is 1. The number of piperazine rings is 1. The number of hydrogen-bond acceptors (Lipinski definition) is 6. The van der Waals surface area contributed by atoms with E-state index in [-0.39, 0.29) is 12.5 Å². The Kier molecular flexibility index (Phi) is 9.26. The quantitative estimate of drug-likeness (QED) is 0.484. The van der Waals surface area contributed by atoms with Crippen molar-refractivity contribution >= 4 is 16.9 Å². The summed E-state index contributed by atoms with van der Waals surface area (Å²) in [5.74, 6) is -0.0337. The normalized spacial score (nSPS) is 18.7. The van der Waals surface area contributed by atoms with Crippen LogP contribution in [0.15, 0.2) is 30.5 Å². The lowest BCUT2D eigenvalue weighted by molar-refractivity contribution is -0.139. The maximum atomic E-state index is 11.5. The number of hydrogen-bond donors (Lipinski definition) is 2. The van der Waals surface area contributed by atoms with Crippen LogP contribution < -0.4 is 4.74 Å². The van der Waals surface area contributed by atoms with E-state index in [1.54, 1.807) is 13.3 Å². The van der Waals surface area contributed by atoms with E-state index in [9.17, 15) is 15.0 Å². The highest BCUT2D eigenvalue weighted by molar-refractivity contribution is 5.83. The van der Waals surface area contributed by atoms with Gasteiger partial charge < -0.3 is 14.9 Å². The molecule has 0 saturated carbocycles. The van der Waals surface area contributed by atoms with Crippen molar-refractivity contribution in [3.8, 4) is 5.75 Å². The predicted molar refractivity (Wildman–Crippen MR) is 126 cm³/mol. The van der Waals surface area contributed by atoms with Gasteiger partial charge in [0.05, 0.1) is 25.2 Å². The SMILES string of the molecule is CCCCCCCN1CCN(C[C@H](O)c2ccnc3ccc(OC)cc23)C[C@@H]1CC(=O)O. The number of aliphatic hydroxyl groups excluding tert-OH is 1. The zero-order valence-electron chi connectivity index (χ0n) is 19.4. The van der Waals surface area contributed by atoms with Crippen LogP contribution in [0.25, 0.3) is 10.9 Å². The Bertz CT molecular complexity index is 875. The molecule has 1 saturated heterocycles. The minimum atomic E-state index is -0.763. The second-order valence-electron chi connectivity index (χ2n) is 8.76. The molecule has 1 aromatic heterocycles. The summed E-state index contributed by atoms with van der Waals surface area (Å²) in [5.41, 5.74) is 1.64. The molecule has 7 nitrogen and oxygen atoms in total. The molecule has 2 atom stereocenters. The van der Waals surface area contributed by atoms with E-state index in [4.69, 9.17) is 4.74 Å². The van der Waals surface area contributed by atoms with Crippen molar-refractivity contribution in [1.29, 1.82) is 0 Å². The molecule has 1 aliphatic rings. The van der Waals surface area contributed by atoms with Crippen LogP contribution >= 0.6 is 0 Å². The minimum Gasteiger partial charge on any atom is -0.497 e. The topological polar surface area (TPSA) is 86.1 Å². The molecule has 2 heterocycles. The second-order valence-corrected chi connectivity index (χ2v) is 8.76. The van der Waals surface area contributed by atoms with Gasteiger partial charge in [0.2, 0.25) is 0 Å². The van der Waals surface area contributed by atoms with Crippen LogP contribution in [0.1, 0.15) is 57.1 Å². The van der Waals surface area contributed by atoms with Gasteiger partial charge in [-0.2, -0.15) is 0 Å². The van der Waals surface area contributed by atoms with Crippen molar-refractivity contribution in [3.63, 3.8) is 0 Å². The molecule has 1 fully saturated rings. The minimum absolute atomic E-state index is 0.0195. The summed E-state index contributed by atoms with van der Waals surface area (Å²) in [7, 11) is 1.62. The largest absolute Gasteiger partial charge is 0.497 e. The van der Waals surface area contributed by atoms with Crippen LogP contribution in [0.4, 0.5) is 0 Å². The summed E-state index contributed by atoms with van der Waals surface area (Å²) in [6, 6.07) is 7.50. The van der Waals surface area contributed by atoms with E-state index in [0.29, 0.717) is 13.1 Å². The fourth-order valence-electron chi connectivity index (χ4n) is 4.64. The zero-order chi connectivity index (χ0) is 22.9. The van der Waals surface area contributed by atoms with Crippen molar-refractivity contribution in [3.05, 3.63) is 36.0 Å². The number of carboxylic acid groups (broad SMARTS) is 1. The van der Waals surface area contributed by atoms with Gasteiger partial charge in [0.1, 0.15) is 5.75 Å². The fraction of sp³-hybridized carbons (Fsp3) is 0.600. The van der Waals surface area contributed by atoms with Gasteiger partial charge in [-0.15, -0.1) is 0 Å². The Morgan fingerprint density at radius 2 is 2.03 bits per heavy atom. The molecule has 1 aromatic carbocycles. The lowest BCUT2D eigenvalue weighted by Gasteiger charge is -2.41. The summed E-state index contributed by atoms with van der Waals surface area (Å²) in [6.45, 7) is 5.95. The van der Waals surface area contributed by atoms with Gasteiger partial charge in [0.25, 0.3) is 0 Å². The molecule has 0 spiro atoms. The Morgan fingerprint density at radius 3 is 2.78 bits per heavy atom. The predicted octanol–water partition coefficient (Wildman–Crippen LogP) is 3.71. The summed E-state index contributed by atoms with van der Waals surface area (Å²) >= 11 is 0. The van der Waals surface area contributed by atoms with Gasteiger partial charge in [-0.05, 0) is 42.8 Å². The molecule has 1 aliphatic heterocycles. The number of methoxy groups -OCH3 is 1. The van der Waals surface area contributed by atoms with Crippen molar-refractivity contribution in [2.24, 2.45) is 0 Å². The van der Waals surface area contributed by atoms with E-state index in [0.717, 1.165) is 48.3 Å².